The Morgan fingerprint density at radius 1 is 1.35 bits per heavy atom. The SMILES string of the molecule is O=C1NC[C@@H](C(=O)N[C@@H](c2ccc(Cl)cc2)c2cnc(C(F)(F)F)[nH]2)O1. The molecule has 1 aromatic heterocycles. The van der Waals surface area contributed by atoms with Crippen LogP contribution in [0.1, 0.15) is 23.1 Å². The van der Waals surface area contributed by atoms with Crippen molar-refractivity contribution in [2.45, 2.75) is 18.3 Å². The fourth-order valence-corrected chi connectivity index (χ4v) is 2.52. The van der Waals surface area contributed by atoms with E-state index >= 15 is 0 Å². The molecular formula is C15H12ClF3N4O3. The fraction of sp³-hybridized carbons (Fsp3) is 0.267. The Kier molecular flexibility index (Phi) is 4.77. The van der Waals surface area contributed by atoms with Gasteiger partial charge in [-0.2, -0.15) is 13.2 Å². The van der Waals surface area contributed by atoms with Crippen LogP contribution in [0, 0.1) is 0 Å². The van der Waals surface area contributed by atoms with Crippen LogP contribution in [0.5, 0.6) is 0 Å². The van der Waals surface area contributed by atoms with E-state index in [1.807, 2.05) is 0 Å². The molecule has 0 unspecified atom stereocenters. The first-order valence-corrected chi connectivity index (χ1v) is 7.74. The largest absolute Gasteiger partial charge is 0.449 e. The first-order chi connectivity index (χ1) is 12.2. The second kappa shape index (κ2) is 6.87. The number of rotatable bonds is 4. The molecule has 11 heteroatoms. The van der Waals surface area contributed by atoms with Crippen molar-refractivity contribution in [3.8, 4) is 0 Å². The third-order valence-corrected chi connectivity index (χ3v) is 3.89. The molecule has 7 nitrogen and oxygen atoms in total. The number of alkyl carbamates (subject to hydrolysis) is 1. The smallest absolute Gasteiger partial charge is 0.434 e. The molecule has 26 heavy (non-hydrogen) atoms. The number of nitrogens with zero attached hydrogens (tertiary/aromatic N) is 1. The van der Waals surface area contributed by atoms with Gasteiger partial charge in [-0.15, -0.1) is 0 Å². The monoisotopic (exact) mass is 388 g/mol. The molecule has 1 aliphatic heterocycles. The van der Waals surface area contributed by atoms with Gasteiger partial charge in [0.15, 0.2) is 6.10 Å². The summed E-state index contributed by atoms with van der Waals surface area (Å²) < 4.78 is 43.2. The number of cyclic esters (lactones) is 1. The summed E-state index contributed by atoms with van der Waals surface area (Å²) in [6, 6.07) is 5.21. The van der Waals surface area contributed by atoms with E-state index in [-0.39, 0.29) is 12.2 Å². The predicted molar refractivity (Wildman–Crippen MR) is 83.3 cm³/mol. The summed E-state index contributed by atoms with van der Waals surface area (Å²) in [7, 11) is 0. The van der Waals surface area contributed by atoms with Crippen LogP contribution >= 0.6 is 11.6 Å². The van der Waals surface area contributed by atoms with Gasteiger partial charge in [0.1, 0.15) is 0 Å². The van der Waals surface area contributed by atoms with E-state index in [0.29, 0.717) is 10.6 Å². The molecular weight excluding hydrogens is 377 g/mol. The minimum absolute atomic E-state index is 0.0188. The molecule has 0 bridgehead atoms. The lowest BCUT2D eigenvalue weighted by Gasteiger charge is -2.19. The molecule has 2 aromatic rings. The fourth-order valence-electron chi connectivity index (χ4n) is 2.39. The number of halogens is 4. The lowest BCUT2D eigenvalue weighted by molar-refractivity contribution is -0.144. The van der Waals surface area contributed by atoms with Gasteiger partial charge in [-0.1, -0.05) is 23.7 Å². The van der Waals surface area contributed by atoms with Crippen molar-refractivity contribution in [1.82, 2.24) is 20.6 Å². The first-order valence-electron chi connectivity index (χ1n) is 7.36. The van der Waals surface area contributed by atoms with Crippen molar-refractivity contribution >= 4 is 23.6 Å². The van der Waals surface area contributed by atoms with Crippen LogP contribution in [0.2, 0.25) is 5.02 Å². The summed E-state index contributed by atoms with van der Waals surface area (Å²) in [5, 5.41) is 5.31. The minimum atomic E-state index is -4.66. The van der Waals surface area contributed by atoms with Crippen molar-refractivity contribution in [3.05, 3.63) is 52.6 Å². The average Bonchev–Trinajstić information content (AvgIpc) is 3.22. The van der Waals surface area contributed by atoms with E-state index < -0.39 is 36.1 Å². The van der Waals surface area contributed by atoms with Gasteiger partial charge in [-0.3, -0.25) is 4.79 Å². The van der Waals surface area contributed by atoms with Crippen molar-refractivity contribution < 1.29 is 27.5 Å². The highest BCUT2D eigenvalue weighted by atomic mass is 35.5. The predicted octanol–water partition coefficient (Wildman–Crippen LogP) is 2.40. The molecule has 0 radical (unpaired) electrons. The van der Waals surface area contributed by atoms with Gasteiger partial charge in [0, 0.05) is 5.02 Å². The third kappa shape index (κ3) is 3.90. The van der Waals surface area contributed by atoms with Gasteiger partial charge in [0.2, 0.25) is 5.82 Å². The topological polar surface area (TPSA) is 96.1 Å². The number of carbonyl (C=O) groups is 2. The molecule has 1 saturated heterocycles. The molecule has 1 aromatic carbocycles. The quantitative estimate of drug-likeness (QED) is 0.749. The van der Waals surface area contributed by atoms with Crippen LogP contribution in [-0.4, -0.2) is 34.6 Å². The number of aromatic amines is 1. The zero-order valence-corrected chi connectivity index (χ0v) is 13.7. The molecule has 138 valence electrons. The highest BCUT2D eigenvalue weighted by molar-refractivity contribution is 6.30. The van der Waals surface area contributed by atoms with E-state index in [2.05, 4.69) is 20.6 Å². The van der Waals surface area contributed by atoms with Gasteiger partial charge in [0.05, 0.1) is 24.5 Å². The summed E-state index contributed by atoms with van der Waals surface area (Å²) in [4.78, 5) is 28.8. The maximum absolute atomic E-state index is 12.8. The van der Waals surface area contributed by atoms with Crippen molar-refractivity contribution in [2.24, 2.45) is 0 Å². The van der Waals surface area contributed by atoms with Gasteiger partial charge in [-0.25, -0.2) is 9.78 Å². The van der Waals surface area contributed by atoms with Crippen molar-refractivity contribution in [3.63, 3.8) is 0 Å². The molecule has 0 spiro atoms. The first kappa shape index (κ1) is 18.1. The molecule has 1 fully saturated rings. The van der Waals surface area contributed by atoms with Crippen LogP contribution < -0.4 is 10.6 Å². The van der Waals surface area contributed by atoms with Crippen LogP contribution in [0.4, 0.5) is 18.0 Å². The molecule has 1 aliphatic rings. The van der Waals surface area contributed by atoms with E-state index in [0.717, 1.165) is 6.20 Å². The van der Waals surface area contributed by atoms with Gasteiger partial charge < -0.3 is 20.4 Å². The number of carbonyl (C=O) groups excluding carboxylic acids is 2. The standard InChI is InChI=1S/C15H12ClF3N4O3/c16-8-3-1-7(2-4-8)11(9-5-20-13(22-9)15(17,18)19)23-12(24)10-6-21-14(25)26-10/h1-5,10-11H,6H2,(H,20,22)(H,21,25)(H,23,24)/t10-,11-/m0/s1. The zero-order valence-electron chi connectivity index (χ0n) is 12.9. The van der Waals surface area contributed by atoms with Crippen molar-refractivity contribution in [1.29, 1.82) is 0 Å². The number of benzene rings is 1. The molecule has 3 N–H and O–H groups in total. The molecule has 0 aliphatic carbocycles. The van der Waals surface area contributed by atoms with E-state index in [1.165, 1.54) is 12.1 Å². The van der Waals surface area contributed by atoms with Gasteiger partial charge in [-0.05, 0) is 17.7 Å². The second-order valence-electron chi connectivity index (χ2n) is 5.45. The highest BCUT2D eigenvalue weighted by Crippen LogP contribution is 2.29. The molecule has 2 amide bonds. The third-order valence-electron chi connectivity index (χ3n) is 3.64. The van der Waals surface area contributed by atoms with Crippen LogP contribution in [-0.2, 0) is 15.7 Å². The minimum Gasteiger partial charge on any atom is -0.434 e. The van der Waals surface area contributed by atoms with E-state index in [9.17, 15) is 22.8 Å². The Morgan fingerprint density at radius 2 is 2.04 bits per heavy atom. The average molecular weight is 389 g/mol. The maximum Gasteiger partial charge on any atom is 0.449 e. The summed E-state index contributed by atoms with van der Waals surface area (Å²) in [5.41, 5.74) is 0.489. The number of imidazole rings is 1. The maximum atomic E-state index is 12.8. The number of nitrogens with one attached hydrogen (secondary N) is 3. The molecule has 2 atom stereocenters. The number of ether oxygens (including phenoxy) is 1. The molecule has 3 rings (SSSR count). The van der Waals surface area contributed by atoms with Gasteiger partial charge in [0.25, 0.3) is 5.91 Å². The number of alkyl halides is 3. The van der Waals surface area contributed by atoms with Gasteiger partial charge >= 0.3 is 12.3 Å². The summed E-state index contributed by atoms with van der Waals surface area (Å²) in [6.45, 7) is -0.0330. The Hall–Kier alpha value is -2.75. The number of amides is 2. The number of hydrogen-bond donors (Lipinski definition) is 3. The lowest BCUT2D eigenvalue weighted by Crippen LogP contribution is -2.39. The zero-order chi connectivity index (χ0) is 18.9. The number of H-pyrrole nitrogens is 1. The van der Waals surface area contributed by atoms with Crippen LogP contribution in [0.3, 0.4) is 0 Å². The Balaban J connectivity index is 1.89. The Morgan fingerprint density at radius 3 is 2.58 bits per heavy atom. The molecule has 2 heterocycles. The van der Waals surface area contributed by atoms with E-state index in [1.54, 1.807) is 12.1 Å². The summed E-state index contributed by atoms with van der Waals surface area (Å²) in [6.07, 6.45) is -5.49. The highest BCUT2D eigenvalue weighted by Gasteiger charge is 2.36. The number of hydrogen-bond acceptors (Lipinski definition) is 4. The van der Waals surface area contributed by atoms with Crippen LogP contribution in [0.25, 0.3) is 0 Å². The summed E-state index contributed by atoms with van der Waals surface area (Å²) >= 11 is 5.83. The second-order valence-corrected chi connectivity index (χ2v) is 5.89. The van der Waals surface area contributed by atoms with Crippen LogP contribution in [0.15, 0.2) is 30.5 Å². The summed E-state index contributed by atoms with van der Waals surface area (Å²) in [5.74, 6) is -1.85. The normalized spacial score (nSPS) is 18.2. The lowest BCUT2D eigenvalue weighted by atomic mass is 10.0. The molecule has 0 saturated carbocycles. The number of aromatic nitrogens is 2. The Labute approximate surface area is 149 Å². The Bertz CT molecular complexity index is 822. The van der Waals surface area contributed by atoms with E-state index in [4.69, 9.17) is 16.3 Å². The van der Waals surface area contributed by atoms with Crippen molar-refractivity contribution in [2.75, 3.05) is 6.54 Å².